The van der Waals surface area contributed by atoms with Crippen LogP contribution in [0.4, 0.5) is 0 Å². The second-order valence-corrected chi connectivity index (χ2v) is 10.5. The van der Waals surface area contributed by atoms with Gasteiger partial charge < -0.3 is 28.4 Å². The minimum absolute atomic E-state index is 0.182. The zero-order chi connectivity index (χ0) is 26.8. The average molecular weight is 529 g/mol. The van der Waals surface area contributed by atoms with E-state index in [0.717, 1.165) is 41.4 Å². The second-order valence-electron chi connectivity index (χ2n) is 10.5. The predicted octanol–water partition coefficient (Wildman–Crippen LogP) is 4.40. The van der Waals surface area contributed by atoms with Gasteiger partial charge in [0.25, 0.3) is 0 Å². The summed E-state index contributed by atoms with van der Waals surface area (Å²) in [5.41, 5.74) is 1.48. The Balaban J connectivity index is 1.32. The number of carbonyl (C=O) groups is 2. The molecule has 0 heterocycles. The molecule has 0 spiro atoms. The molecule has 208 valence electrons. The maximum Gasteiger partial charge on any atom is 0.330 e. The van der Waals surface area contributed by atoms with Crippen LogP contribution >= 0.6 is 0 Å². The van der Waals surface area contributed by atoms with Crippen LogP contribution in [-0.2, 0) is 34.0 Å². The van der Waals surface area contributed by atoms with Crippen LogP contribution in [0.5, 0.6) is 11.5 Å². The number of esters is 2. The Bertz CT molecular complexity index is 936. The van der Waals surface area contributed by atoms with Crippen LogP contribution in [0.1, 0.15) is 44.1 Å². The molecule has 4 saturated carbocycles. The van der Waals surface area contributed by atoms with E-state index >= 15 is 0 Å². The summed E-state index contributed by atoms with van der Waals surface area (Å²) < 4.78 is 33.1. The number of benzene rings is 1. The van der Waals surface area contributed by atoms with Gasteiger partial charge in [-0.15, -0.1) is 0 Å². The van der Waals surface area contributed by atoms with E-state index in [-0.39, 0.29) is 18.6 Å². The van der Waals surface area contributed by atoms with E-state index in [2.05, 4.69) is 19.2 Å². The Labute approximate surface area is 225 Å². The van der Waals surface area contributed by atoms with E-state index in [0.29, 0.717) is 39.6 Å². The number of carbonyl (C=O) groups excluding carboxylic acids is 2. The maximum atomic E-state index is 11.1. The fraction of sp³-hybridized carbons (Fsp3) is 0.600. The van der Waals surface area contributed by atoms with Gasteiger partial charge in [-0.2, -0.15) is 0 Å². The van der Waals surface area contributed by atoms with Crippen molar-refractivity contribution >= 4 is 11.9 Å². The molecule has 5 rings (SSSR count). The predicted molar refractivity (Wildman–Crippen MR) is 141 cm³/mol. The summed E-state index contributed by atoms with van der Waals surface area (Å²) in [4.78, 5) is 22.2. The fourth-order valence-corrected chi connectivity index (χ4v) is 6.74. The summed E-state index contributed by atoms with van der Waals surface area (Å²) in [5.74, 6) is 3.16. The third-order valence-corrected chi connectivity index (χ3v) is 7.82. The Morgan fingerprint density at radius 2 is 1.24 bits per heavy atom. The molecule has 4 aliphatic rings. The molecule has 1 aromatic rings. The van der Waals surface area contributed by atoms with Crippen molar-refractivity contribution in [3.05, 3.63) is 49.1 Å². The van der Waals surface area contributed by atoms with Crippen LogP contribution in [0.3, 0.4) is 0 Å². The highest BCUT2D eigenvalue weighted by molar-refractivity contribution is 5.81. The molecule has 4 fully saturated rings. The second kappa shape index (κ2) is 13.8. The van der Waals surface area contributed by atoms with Gasteiger partial charge in [0.15, 0.2) is 0 Å². The topological polar surface area (TPSA) is 89.5 Å². The molecule has 0 aromatic heterocycles. The van der Waals surface area contributed by atoms with Crippen molar-refractivity contribution in [3.63, 3.8) is 0 Å². The van der Waals surface area contributed by atoms with Crippen molar-refractivity contribution in [2.24, 2.45) is 17.8 Å². The lowest BCUT2D eigenvalue weighted by Gasteiger charge is -2.57. The number of hydrogen-bond donors (Lipinski definition) is 0. The van der Waals surface area contributed by atoms with Crippen molar-refractivity contribution in [1.82, 2.24) is 0 Å². The highest BCUT2D eigenvalue weighted by Crippen LogP contribution is 2.62. The third-order valence-electron chi connectivity index (χ3n) is 7.82. The van der Waals surface area contributed by atoms with Gasteiger partial charge >= 0.3 is 11.9 Å². The highest BCUT2D eigenvalue weighted by Gasteiger charge is 2.52. The van der Waals surface area contributed by atoms with Gasteiger partial charge in [-0.05, 0) is 67.8 Å². The zero-order valence-electron chi connectivity index (χ0n) is 22.2. The molecule has 8 heteroatoms. The number of hydrogen-bond acceptors (Lipinski definition) is 8. The SMILES string of the molecule is C=CC(=O)OCCOCCOc1ccc(C23CC4CC(CC(C4)C2)C3)c(OCCOCCOC(=O)C=C)c1. The van der Waals surface area contributed by atoms with Gasteiger partial charge in [0.05, 0.1) is 26.4 Å². The minimum atomic E-state index is -0.460. The van der Waals surface area contributed by atoms with Gasteiger partial charge in [0.1, 0.15) is 37.9 Å². The molecule has 8 nitrogen and oxygen atoms in total. The average Bonchev–Trinajstić information content (AvgIpc) is 2.90. The molecule has 0 radical (unpaired) electrons. The van der Waals surface area contributed by atoms with Crippen molar-refractivity contribution in [1.29, 1.82) is 0 Å². The van der Waals surface area contributed by atoms with E-state index < -0.39 is 11.9 Å². The molecule has 38 heavy (non-hydrogen) atoms. The fourth-order valence-electron chi connectivity index (χ4n) is 6.74. The molecular formula is C30H40O8. The Morgan fingerprint density at radius 3 is 1.76 bits per heavy atom. The molecular weight excluding hydrogens is 488 g/mol. The molecule has 0 atom stereocenters. The first kappa shape index (κ1) is 28.2. The molecule has 4 bridgehead atoms. The Hall–Kier alpha value is -2.84. The van der Waals surface area contributed by atoms with Crippen molar-refractivity contribution in [3.8, 4) is 11.5 Å². The lowest BCUT2D eigenvalue weighted by Crippen LogP contribution is -2.48. The highest BCUT2D eigenvalue weighted by atomic mass is 16.6. The van der Waals surface area contributed by atoms with E-state index in [1.165, 1.54) is 44.1 Å². The van der Waals surface area contributed by atoms with E-state index in [4.69, 9.17) is 28.4 Å². The first-order valence-electron chi connectivity index (χ1n) is 13.7. The molecule has 0 saturated heterocycles. The molecule has 0 unspecified atom stereocenters. The quantitative estimate of drug-likeness (QED) is 0.167. The zero-order valence-corrected chi connectivity index (χ0v) is 22.2. The van der Waals surface area contributed by atoms with Gasteiger partial charge in [0.2, 0.25) is 0 Å². The number of ether oxygens (including phenoxy) is 6. The van der Waals surface area contributed by atoms with Gasteiger partial charge in [-0.25, -0.2) is 9.59 Å². The summed E-state index contributed by atoms with van der Waals surface area (Å²) >= 11 is 0. The molecule has 1 aromatic carbocycles. The van der Waals surface area contributed by atoms with Gasteiger partial charge in [-0.1, -0.05) is 19.2 Å². The standard InChI is InChI=1S/C30H40O8/c1-3-28(31)37-13-9-33-7-11-35-25-5-6-26(30-19-22-15-23(20-30)17-24(16-22)21-30)27(18-25)36-12-8-34-10-14-38-29(32)4-2/h3-6,18,22-24H,1-2,7-17,19-21H2. The van der Waals surface area contributed by atoms with Crippen LogP contribution in [0.2, 0.25) is 0 Å². The Morgan fingerprint density at radius 1 is 0.737 bits per heavy atom. The largest absolute Gasteiger partial charge is 0.491 e. The van der Waals surface area contributed by atoms with Gasteiger partial charge in [-0.3, -0.25) is 0 Å². The van der Waals surface area contributed by atoms with Gasteiger partial charge in [0, 0.05) is 23.8 Å². The van der Waals surface area contributed by atoms with Crippen LogP contribution in [-0.4, -0.2) is 64.8 Å². The van der Waals surface area contributed by atoms with Crippen molar-refractivity contribution < 1.29 is 38.0 Å². The van der Waals surface area contributed by atoms with Crippen LogP contribution < -0.4 is 9.47 Å². The summed E-state index contributed by atoms with van der Waals surface area (Å²) in [7, 11) is 0. The lowest BCUT2D eigenvalue weighted by atomic mass is 9.48. The van der Waals surface area contributed by atoms with Crippen LogP contribution in [0, 0.1) is 17.8 Å². The van der Waals surface area contributed by atoms with Crippen LogP contribution in [0.15, 0.2) is 43.5 Å². The number of rotatable bonds is 17. The van der Waals surface area contributed by atoms with E-state index in [9.17, 15) is 9.59 Å². The summed E-state index contributed by atoms with van der Waals surface area (Å²) in [5, 5.41) is 0. The lowest BCUT2D eigenvalue weighted by molar-refractivity contribution is -0.140. The summed E-state index contributed by atoms with van der Waals surface area (Å²) in [6, 6.07) is 6.23. The Kier molecular flexibility index (Phi) is 10.2. The van der Waals surface area contributed by atoms with E-state index in [1.54, 1.807) is 0 Å². The van der Waals surface area contributed by atoms with E-state index in [1.807, 2.05) is 12.1 Å². The first-order chi connectivity index (χ1) is 18.5. The molecule has 0 N–H and O–H groups in total. The first-order valence-corrected chi connectivity index (χ1v) is 13.7. The molecule has 0 amide bonds. The smallest absolute Gasteiger partial charge is 0.330 e. The monoisotopic (exact) mass is 528 g/mol. The summed E-state index contributed by atoms with van der Waals surface area (Å²) in [6.45, 7) is 9.25. The summed E-state index contributed by atoms with van der Waals surface area (Å²) in [6.07, 6.45) is 10.1. The van der Waals surface area contributed by atoms with Crippen molar-refractivity contribution in [2.45, 2.75) is 43.9 Å². The maximum absolute atomic E-state index is 11.1. The van der Waals surface area contributed by atoms with Crippen LogP contribution in [0.25, 0.3) is 0 Å². The molecule has 0 aliphatic heterocycles. The molecule has 4 aliphatic carbocycles. The third kappa shape index (κ3) is 7.60. The normalized spacial score (nSPS) is 25.0. The van der Waals surface area contributed by atoms with Crippen molar-refractivity contribution in [2.75, 3.05) is 52.9 Å². The minimum Gasteiger partial charge on any atom is -0.491 e.